The van der Waals surface area contributed by atoms with E-state index in [1.807, 2.05) is 3.27 Å². The Morgan fingerprint density at radius 1 is 0.625 bits per heavy atom. The predicted octanol–water partition coefficient (Wildman–Crippen LogP) is 4.81. The van der Waals surface area contributed by atoms with E-state index in [1.165, 1.54) is 57.8 Å². The summed E-state index contributed by atoms with van der Waals surface area (Å²) in [5.74, 6) is 0. The van der Waals surface area contributed by atoms with Gasteiger partial charge in [0.15, 0.2) is 0 Å². The summed E-state index contributed by atoms with van der Waals surface area (Å²) >= 11 is -1.64. The summed E-state index contributed by atoms with van der Waals surface area (Å²) in [6, 6.07) is 0. The fourth-order valence-corrected chi connectivity index (χ4v) is 14.5. The normalized spacial score (nSPS) is 24.4. The third-order valence-corrected chi connectivity index (χ3v) is 14.4. The van der Waals surface area contributed by atoms with Crippen molar-refractivity contribution in [3.8, 4) is 0 Å². The summed E-state index contributed by atoms with van der Waals surface area (Å²) in [5.41, 5.74) is 0. The van der Waals surface area contributed by atoms with E-state index in [4.69, 9.17) is 0 Å². The van der Waals surface area contributed by atoms with Gasteiger partial charge in [0.05, 0.1) is 0 Å². The van der Waals surface area contributed by atoms with Crippen molar-refractivity contribution in [3.63, 3.8) is 0 Å². The summed E-state index contributed by atoms with van der Waals surface area (Å²) in [5, 5.41) is 0. The first-order valence-electron chi connectivity index (χ1n) is 6.90. The summed E-state index contributed by atoms with van der Waals surface area (Å²) in [6.45, 7) is 0. The second-order valence-electron chi connectivity index (χ2n) is 5.24. The first-order valence-corrected chi connectivity index (χ1v) is 11.6. The molecule has 0 atom stereocenters. The molecule has 0 nitrogen and oxygen atoms in total. The van der Waals surface area contributed by atoms with Crippen molar-refractivity contribution in [1.82, 2.24) is 0 Å². The Bertz CT molecular complexity index is 303. The average molecular weight is 341 g/mol. The molecule has 0 unspecified atom stereocenters. The van der Waals surface area contributed by atoms with Crippen molar-refractivity contribution >= 4 is 0 Å². The zero-order chi connectivity index (χ0) is 10.8. The van der Waals surface area contributed by atoms with Gasteiger partial charge in [-0.05, 0) is 0 Å². The number of rotatable bonds is 3. The molecule has 0 spiro atoms. The quantitative estimate of drug-likeness (QED) is 0.691. The molecule has 3 aliphatic carbocycles. The Hall–Kier alpha value is 0.597. The van der Waals surface area contributed by atoms with Gasteiger partial charge in [-0.25, -0.2) is 0 Å². The topological polar surface area (TPSA) is 0 Å². The minimum atomic E-state index is -1.64. The second-order valence-corrected chi connectivity index (χ2v) is 13.6. The molecule has 0 aromatic carbocycles. The minimum absolute atomic E-state index is 1.38. The number of allylic oxidation sites excluding steroid dienone is 6. The van der Waals surface area contributed by atoms with Gasteiger partial charge in [-0.2, -0.15) is 0 Å². The summed E-state index contributed by atoms with van der Waals surface area (Å²) in [7, 11) is 0. The maximum absolute atomic E-state index is 2.63. The third kappa shape index (κ3) is 2.39. The van der Waals surface area contributed by atoms with Crippen LogP contribution in [0, 0.1) is 35.5 Å². The van der Waals surface area contributed by atoms with Crippen LogP contribution in [0.4, 0.5) is 0 Å². The molecule has 85 valence electrons. The van der Waals surface area contributed by atoms with E-state index in [0.717, 1.165) is 0 Å². The van der Waals surface area contributed by atoms with Crippen LogP contribution >= 0.6 is 0 Å². The molecule has 0 aliphatic heterocycles. The van der Waals surface area contributed by atoms with Crippen molar-refractivity contribution in [2.75, 3.05) is 0 Å². The molecule has 0 bridgehead atoms. The van der Waals surface area contributed by atoms with Crippen LogP contribution in [0.25, 0.3) is 0 Å². The zero-order valence-corrected chi connectivity index (χ0v) is 13.2. The van der Waals surface area contributed by atoms with Crippen molar-refractivity contribution in [3.05, 3.63) is 21.5 Å². The fourth-order valence-electron chi connectivity index (χ4n) is 3.31. The number of hydrogen-bond acceptors (Lipinski definition) is 0. The third-order valence-electron chi connectivity index (χ3n) is 4.09. The van der Waals surface area contributed by atoms with Crippen LogP contribution in [-0.4, -0.2) is 0 Å². The van der Waals surface area contributed by atoms with E-state index in [1.54, 1.807) is 0 Å². The molecule has 3 rings (SSSR count). The van der Waals surface area contributed by atoms with E-state index in [-0.39, 0.29) is 0 Å². The Balaban J connectivity index is 1.87. The van der Waals surface area contributed by atoms with Crippen molar-refractivity contribution in [2.24, 2.45) is 0 Å². The standard InChI is InChI=1S/3C5H7.Ce/c3*1-2-4-5-3-1;/h3*1H,2,4-5H2;. The molecule has 3 aliphatic rings. The predicted molar refractivity (Wildman–Crippen MR) is 65.8 cm³/mol. The SMILES string of the molecule is C1=[C]([Ce]([C]2=CCCC2)[C]2=CCCC2)CCC1. The van der Waals surface area contributed by atoms with Gasteiger partial charge in [0.25, 0.3) is 0 Å². The first kappa shape index (κ1) is 11.7. The molecule has 16 heavy (non-hydrogen) atoms. The Kier molecular flexibility index (Phi) is 4.01. The summed E-state index contributed by atoms with van der Waals surface area (Å²) in [6.07, 6.45) is 20.7. The van der Waals surface area contributed by atoms with Crippen LogP contribution in [0.1, 0.15) is 57.8 Å². The van der Waals surface area contributed by atoms with Gasteiger partial charge in [-0.15, -0.1) is 0 Å². The van der Waals surface area contributed by atoms with Crippen molar-refractivity contribution in [1.29, 1.82) is 0 Å². The van der Waals surface area contributed by atoms with Crippen LogP contribution in [0.2, 0.25) is 0 Å². The van der Waals surface area contributed by atoms with Gasteiger partial charge < -0.3 is 0 Å². The Morgan fingerprint density at radius 3 is 1.25 bits per heavy atom. The van der Waals surface area contributed by atoms with E-state index in [0.29, 0.717) is 0 Å². The van der Waals surface area contributed by atoms with Gasteiger partial charge in [0.1, 0.15) is 0 Å². The van der Waals surface area contributed by atoms with E-state index >= 15 is 0 Å². The Labute approximate surface area is 113 Å². The van der Waals surface area contributed by atoms with Gasteiger partial charge in [-0.1, -0.05) is 0 Å². The second kappa shape index (κ2) is 5.49. The molecular formula is C15H21Ce. The van der Waals surface area contributed by atoms with E-state index in [9.17, 15) is 0 Å². The number of hydrogen-bond donors (Lipinski definition) is 0. The summed E-state index contributed by atoms with van der Waals surface area (Å²) < 4.78 is 5.89. The van der Waals surface area contributed by atoms with Gasteiger partial charge in [0.2, 0.25) is 0 Å². The fraction of sp³-hybridized carbons (Fsp3) is 0.600. The van der Waals surface area contributed by atoms with Crippen molar-refractivity contribution in [2.45, 2.75) is 57.8 Å². The molecule has 0 saturated heterocycles. The molecule has 0 fully saturated rings. The molecule has 0 radical (unpaired) electrons. The molecular weight excluding hydrogens is 320 g/mol. The molecule has 0 aromatic heterocycles. The Morgan fingerprint density at radius 2 is 1.00 bits per heavy atom. The van der Waals surface area contributed by atoms with Gasteiger partial charge in [0, 0.05) is 0 Å². The molecule has 0 amide bonds. The van der Waals surface area contributed by atoms with Gasteiger partial charge >= 0.3 is 115 Å². The zero-order valence-electron chi connectivity index (χ0n) is 10.1. The van der Waals surface area contributed by atoms with Crippen LogP contribution in [0.5, 0.6) is 0 Å². The maximum atomic E-state index is 2.63. The molecule has 0 heterocycles. The van der Waals surface area contributed by atoms with Crippen LogP contribution in [0.3, 0.4) is 0 Å². The van der Waals surface area contributed by atoms with E-state index < -0.39 is 35.5 Å². The molecule has 1 heteroatoms. The molecule has 0 aromatic rings. The monoisotopic (exact) mass is 341 g/mol. The van der Waals surface area contributed by atoms with Crippen LogP contribution < -0.4 is 0 Å². The molecule has 0 saturated carbocycles. The average Bonchev–Trinajstić information content (AvgIpc) is 3.02. The molecule has 0 N–H and O–H groups in total. The summed E-state index contributed by atoms with van der Waals surface area (Å²) in [4.78, 5) is 0. The first-order chi connectivity index (χ1) is 7.95. The van der Waals surface area contributed by atoms with Crippen molar-refractivity contribution < 1.29 is 35.5 Å². The van der Waals surface area contributed by atoms with E-state index in [2.05, 4.69) is 18.2 Å². The van der Waals surface area contributed by atoms with Gasteiger partial charge in [-0.3, -0.25) is 0 Å². The van der Waals surface area contributed by atoms with Crippen LogP contribution in [-0.2, 0) is 0 Å². The van der Waals surface area contributed by atoms with Crippen LogP contribution in [0.15, 0.2) is 21.5 Å².